The highest BCUT2D eigenvalue weighted by molar-refractivity contribution is 6.32. The third-order valence-electron chi connectivity index (χ3n) is 4.91. The minimum atomic E-state index is -0.352. The lowest BCUT2D eigenvalue weighted by molar-refractivity contribution is 0.0935. The van der Waals surface area contributed by atoms with E-state index in [2.05, 4.69) is 15.4 Å². The van der Waals surface area contributed by atoms with Gasteiger partial charge in [0.1, 0.15) is 5.82 Å². The normalized spacial score (nSPS) is 11.3. The molecule has 1 N–H and O–H groups in total. The smallest absolute Gasteiger partial charge is 0.291 e. The number of para-hydroxylation sites is 1. The molecule has 0 unspecified atom stereocenters. The summed E-state index contributed by atoms with van der Waals surface area (Å²) in [6.45, 7) is 6.24. The Morgan fingerprint density at radius 2 is 1.83 bits per heavy atom. The molecule has 0 atom stereocenters. The number of ether oxygens (including phenoxy) is 2. The van der Waals surface area contributed by atoms with E-state index in [1.165, 1.54) is 0 Å². The quantitative estimate of drug-likeness (QED) is 0.616. The molecule has 0 fully saturated rings. The van der Waals surface area contributed by atoms with Crippen molar-refractivity contribution < 1.29 is 14.3 Å². The number of nitrogens with one attached hydrogen (secondary N) is 1. The van der Waals surface area contributed by atoms with Crippen molar-refractivity contribution in [3.8, 4) is 17.2 Å². The van der Waals surface area contributed by atoms with Crippen molar-refractivity contribution >= 4 is 17.5 Å². The predicted molar refractivity (Wildman–Crippen MR) is 116 cm³/mol. The first-order valence-electron chi connectivity index (χ1n) is 9.46. The van der Waals surface area contributed by atoms with Crippen LogP contribution in [0.1, 0.15) is 35.9 Å². The Hall–Kier alpha value is -3.06. The molecule has 0 aliphatic rings. The van der Waals surface area contributed by atoms with Crippen molar-refractivity contribution in [2.45, 2.75) is 26.2 Å². The zero-order valence-corrected chi connectivity index (χ0v) is 18.4. The van der Waals surface area contributed by atoms with E-state index >= 15 is 0 Å². The lowest BCUT2D eigenvalue weighted by Gasteiger charge is -2.26. The zero-order valence-electron chi connectivity index (χ0n) is 17.7. The fraction of sp³-hybridized carbons (Fsp3) is 0.318. The number of nitrogens with zero attached hydrogens (tertiary/aromatic N) is 3. The van der Waals surface area contributed by atoms with E-state index in [4.69, 9.17) is 21.1 Å². The Bertz CT molecular complexity index is 1060. The first-order valence-corrected chi connectivity index (χ1v) is 9.84. The molecule has 3 rings (SSSR count). The second-order valence-corrected chi connectivity index (χ2v) is 7.89. The number of halogens is 1. The number of carbonyl (C=O) groups excluding carboxylic acids is 1. The van der Waals surface area contributed by atoms with E-state index in [0.717, 1.165) is 5.56 Å². The van der Waals surface area contributed by atoms with Crippen LogP contribution in [0.5, 0.6) is 11.5 Å². The highest BCUT2D eigenvalue weighted by Crippen LogP contribution is 2.33. The van der Waals surface area contributed by atoms with Crippen LogP contribution in [0.3, 0.4) is 0 Å². The molecule has 0 aliphatic carbocycles. The zero-order chi connectivity index (χ0) is 21.9. The molecule has 30 heavy (non-hydrogen) atoms. The fourth-order valence-corrected chi connectivity index (χ4v) is 3.29. The van der Waals surface area contributed by atoms with Gasteiger partial charge in [0.25, 0.3) is 5.91 Å². The highest BCUT2D eigenvalue weighted by atomic mass is 35.5. The third kappa shape index (κ3) is 4.41. The standard InChI is InChI=1S/C22H25ClN4O3/c1-14-25-20(26-27(14)17-9-7-6-8-16(17)23)21(28)24-13-22(2,3)15-10-11-18(29-4)19(12-15)30-5/h6-12H,13H2,1-5H3,(H,24,28). The molecule has 8 heteroatoms. The summed E-state index contributed by atoms with van der Waals surface area (Å²) in [6, 6.07) is 13.0. The topological polar surface area (TPSA) is 78.3 Å². The summed E-state index contributed by atoms with van der Waals surface area (Å²) >= 11 is 6.25. The van der Waals surface area contributed by atoms with Gasteiger partial charge in [0.15, 0.2) is 11.5 Å². The second kappa shape index (κ2) is 8.75. The van der Waals surface area contributed by atoms with E-state index < -0.39 is 0 Å². The van der Waals surface area contributed by atoms with E-state index in [0.29, 0.717) is 34.6 Å². The van der Waals surface area contributed by atoms with Crippen molar-refractivity contribution in [3.63, 3.8) is 0 Å². The summed E-state index contributed by atoms with van der Waals surface area (Å²) in [5.41, 5.74) is 1.33. The molecule has 0 aliphatic heterocycles. The van der Waals surface area contributed by atoms with Crippen LogP contribution in [0.2, 0.25) is 5.02 Å². The van der Waals surface area contributed by atoms with Crippen molar-refractivity contribution in [1.29, 1.82) is 0 Å². The Kier molecular flexibility index (Phi) is 6.31. The number of hydrogen-bond acceptors (Lipinski definition) is 5. The van der Waals surface area contributed by atoms with Gasteiger partial charge < -0.3 is 14.8 Å². The maximum atomic E-state index is 12.7. The molecule has 1 aromatic heterocycles. The summed E-state index contributed by atoms with van der Waals surface area (Å²) in [5.74, 6) is 1.62. The van der Waals surface area contributed by atoms with Gasteiger partial charge in [-0.1, -0.05) is 43.6 Å². The van der Waals surface area contributed by atoms with E-state index in [-0.39, 0.29) is 17.1 Å². The molecule has 0 saturated heterocycles. The van der Waals surface area contributed by atoms with Gasteiger partial charge in [-0.05, 0) is 36.8 Å². The summed E-state index contributed by atoms with van der Waals surface area (Å²) in [6.07, 6.45) is 0. The number of methoxy groups -OCH3 is 2. The van der Waals surface area contributed by atoms with Gasteiger partial charge in [0, 0.05) is 12.0 Å². The Balaban J connectivity index is 1.75. The van der Waals surface area contributed by atoms with Crippen LogP contribution in [0, 0.1) is 6.92 Å². The summed E-state index contributed by atoms with van der Waals surface area (Å²) < 4.78 is 12.3. The molecule has 158 valence electrons. The molecule has 1 heterocycles. The molecular weight excluding hydrogens is 404 g/mol. The van der Waals surface area contributed by atoms with Gasteiger partial charge >= 0.3 is 0 Å². The highest BCUT2D eigenvalue weighted by Gasteiger charge is 2.25. The minimum Gasteiger partial charge on any atom is -0.493 e. The first kappa shape index (κ1) is 21.6. The average Bonchev–Trinajstić information content (AvgIpc) is 3.13. The molecule has 0 radical (unpaired) electrons. The van der Waals surface area contributed by atoms with Crippen molar-refractivity contribution in [3.05, 3.63) is 64.7 Å². The third-order valence-corrected chi connectivity index (χ3v) is 5.23. The molecular formula is C22H25ClN4O3. The van der Waals surface area contributed by atoms with Gasteiger partial charge in [0.2, 0.25) is 5.82 Å². The number of benzene rings is 2. The largest absolute Gasteiger partial charge is 0.493 e. The first-order chi connectivity index (χ1) is 14.3. The van der Waals surface area contributed by atoms with Gasteiger partial charge in [-0.2, -0.15) is 0 Å². The molecule has 0 bridgehead atoms. The maximum absolute atomic E-state index is 12.7. The van der Waals surface area contributed by atoms with Gasteiger partial charge in [-0.3, -0.25) is 4.79 Å². The molecule has 0 saturated carbocycles. The minimum absolute atomic E-state index is 0.0931. The number of aromatic nitrogens is 3. The number of aryl methyl sites for hydroxylation is 1. The molecule has 1 amide bonds. The number of carbonyl (C=O) groups is 1. The molecule has 2 aromatic carbocycles. The number of hydrogen-bond donors (Lipinski definition) is 1. The summed E-state index contributed by atoms with van der Waals surface area (Å²) in [4.78, 5) is 17.0. The Labute approximate surface area is 181 Å². The van der Waals surface area contributed by atoms with Crippen molar-refractivity contribution in [1.82, 2.24) is 20.1 Å². The van der Waals surface area contributed by atoms with Crippen LogP contribution in [-0.4, -0.2) is 41.4 Å². The maximum Gasteiger partial charge on any atom is 0.291 e. The van der Waals surface area contributed by atoms with Crippen LogP contribution >= 0.6 is 11.6 Å². The molecule has 3 aromatic rings. The van der Waals surface area contributed by atoms with E-state index in [9.17, 15) is 4.79 Å². The van der Waals surface area contributed by atoms with E-state index in [1.807, 2.05) is 50.2 Å². The average molecular weight is 429 g/mol. The fourth-order valence-electron chi connectivity index (χ4n) is 3.08. The van der Waals surface area contributed by atoms with Crippen LogP contribution < -0.4 is 14.8 Å². The van der Waals surface area contributed by atoms with Crippen LogP contribution in [0.25, 0.3) is 5.69 Å². The summed E-state index contributed by atoms with van der Waals surface area (Å²) in [7, 11) is 3.19. The van der Waals surface area contributed by atoms with Crippen LogP contribution in [-0.2, 0) is 5.41 Å². The Morgan fingerprint density at radius 3 is 2.50 bits per heavy atom. The number of rotatable bonds is 7. The number of amides is 1. The van der Waals surface area contributed by atoms with Crippen molar-refractivity contribution in [2.75, 3.05) is 20.8 Å². The lowest BCUT2D eigenvalue weighted by Crippen LogP contribution is -2.37. The summed E-state index contributed by atoms with van der Waals surface area (Å²) in [5, 5.41) is 7.80. The van der Waals surface area contributed by atoms with Gasteiger partial charge in [0.05, 0.1) is 24.9 Å². The molecule has 7 nitrogen and oxygen atoms in total. The second-order valence-electron chi connectivity index (χ2n) is 7.48. The SMILES string of the molecule is COc1ccc(C(C)(C)CNC(=O)c2nc(C)n(-c3ccccc3Cl)n2)cc1OC. The molecule has 0 spiro atoms. The van der Waals surface area contributed by atoms with Gasteiger partial charge in [-0.15, -0.1) is 5.10 Å². The van der Waals surface area contributed by atoms with Crippen LogP contribution in [0.4, 0.5) is 0 Å². The van der Waals surface area contributed by atoms with Gasteiger partial charge in [-0.25, -0.2) is 9.67 Å². The van der Waals surface area contributed by atoms with Crippen LogP contribution in [0.15, 0.2) is 42.5 Å². The lowest BCUT2D eigenvalue weighted by atomic mass is 9.84. The monoisotopic (exact) mass is 428 g/mol. The predicted octanol–water partition coefficient (Wildman–Crippen LogP) is 3.95. The van der Waals surface area contributed by atoms with Crippen molar-refractivity contribution in [2.24, 2.45) is 0 Å². The Morgan fingerprint density at radius 1 is 1.13 bits per heavy atom. The van der Waals surface area contributed by atoms with E-state index in [1.54, 1.807) is 31.9 Å².